The Bertz CT molecular complexity index is 419. The number of hydrogen-bond donors (Lipinski definition) is 2. The molecule has 0 heterocycles. The van der Waals surface area contributed by atoms with Crippen LogP contribution in [0.25, 0.3) is 0 Å². The number of unbranched alkanes of at least 4 members (excludes halogenated alkanes) is 4. The number of hydrogen-bond acceptors (Lipinski definition) is 3. The van der Waals surface area contributed by atoms with Crippen molar-refractivity contribution in [2.24, 2.45) is 0 Å². The third-order valence-electron chi connectivity index (χ3n) is 3.42. The first-order valence-electron chi connectivity index (χ1n) is 8.88. The molecular formula is C20H32O4. The molecule has 24 heavy (non-hydrogen) atoms. The van der Waals surface area contributed by atoms with E-state index in [0.717, 1.165) is 12.8 Å². The van der Waals surface area contributed by atoms with Gasteiger partial charge >= 0.3 is 5.97 Å². The van der Waals surface area contributed by atoms with Crippen molar-refractivity contribution in [2.75, 3.05) is 0 Å². The van der Waals surface area contributed by atoms with Crippen LogP contribution in [0.1, 0.15) is 71.1 Å². The van der Waals surface area contributed by atoms with Gasteiger partial charge in [0.2, 0.25) is 0 Å². The quantitative estimate of drug-likeness (QED) is 0.126. The van der Waals surface area contributed by atoms with Gasteiger partial charge in [-0.25, -0.2) is 5.26 Å². The fraction of sp³-hybridized carbons (Fsp3) is 0.550. The highest BCUT2D eigenvalue weighted by Gasteiger charge is 1.97. The molecule has 0 bridgehead atoms. The first-order valence-corrected chi connectivity index (χ1v) is 8.88. The summed E-state index contributed by atoms with van der Waals surface area (Å²) in [6.45, 7) is 2.21. The Labute approximate surface area is 146 Å². The molecule has 0 aromatic heterocycles. The van der Waals surface area contributed by atoms with Crippen molar-refractivity contribution in [2.45, 2.75) is 71.1 Å². The van der Waals surface area contributed by atoms with E-state index in [1.54, 1.807) is 6.08 Å². The second-order valence-corrected chi connectivity index (χ2v) is 5.63. The fourth-order valence-electron chi connectivity index (χ4n) is 2.05. The zero-order chi connectivity index (χ0) is 17.9. The van der Waals surface area contributed by atoms with Gasteiger partial charge in [-0.05, 0) is 44.6 Å². The number of allylic oxidation sites excluding steroid dienone is 7. The highest BCUT2D eigenvalue weighted by Crippen LogP contribution is 2.08. The zero-order valence-corrected chi connectivity index (χ0v) is 14.8. The predicted molar refractivity (Wildman–Crippen MR) is 98.7 cm³/mol. The summed E-state index contributed by atoms with van der Waals surface area (Å²) >= 11 is 0. The second kappa shape index (κ2) is 17.5. The van der Waals surface area contributed by atoms with E-state index in [-0.39, 0.29) is 6.42 Å². The minimum absolute atomic E-state index is 0.128. The van der Waals surface area contributed by atoms with Crippen molar-refractivity contribution in [3.8, 4) is 0 Å². The molecule has 0 saturated carbocycles. The molecule has 4 heteroatoms. The smallest absolute Gasteiger partial charge is 0.303 e. The molecule has 0 spiro atoms. The summed E-state index contributed by atoms with van der Waals surface area (Å²) in [6.07, 6.45) is 23.0. The largest absolute Gasteiger partial charge is 0.481 e. The Kier molecular flexibility index (Phi) is 16.2. The van der Waals surface area contributed by atoms with Crippen LogP contribution in [0.4, 0.5) is 0 Å². The maximum Gasteiger partial charge on any atom is 0.303 e. The molecule has 0 unspecified atom stereocenters. The summed E-state index contributed by atoms with van der Waals surface area (Å²) in [5.74, 6) is -0.354. The molecule has 0 rings (SSSR count). The van der Waals surface area contributed by atoms with Gasteiger partial charge < -0.3 is 9.99 Å². The van der Waals surface area contributed by atoms with Gasteiger partial charge in [-0.1, -0.05) is 56.2 Å². The fourth-order valence-corrected chi connectivity index (χ4v) is 2.05. The van der Waals surface area contributed by atoms with Crippen LogP contribution in [0, 0.1) is 0 Å². The highest BCUT2D eigenvalue weighted by molar-refractivity contribution is 5.66. The van der Waals surface area contributed by atoms with Crippen LogP contribution in [0.3, 0.4) is 0 Å². The highest BCUT2D eigenvalue weighted by atomic mass is 17.1. The lowest BCUT2D eigenvalue weighted by atomic mass is 10.2. The molecule has 0 aromatic carbocycles. The Morgan fingerprint density at radius 2 is 1.58 bits per heavy atom. The molecule has 0 atom stereocenters. The SMILES string of the molecule is CCCCC/C=C\C/C=C\C/C=C\C/C(=C\CCCC(=O)O)OO. The second-order valence-electron chi connectivity index (χ2n) is 5.63. The minimum Gasteiger partial charge on any atom is -0.481 e. The number of aliphatic carboxylic acids is 1. The molecule has 0 amide bonds. The van der Waals surface area contributed by atoms with Crippen LogP contribution >= 0.6 is 0 Å². The van der Waals surface area contributed by atoms with Crippen molar-refractivity contribution in [3.63, 3.8) is 0 Å². The van der Waals surface area contributed by atoms with Crippen LogP contribution in [-0.2, 0) is 9.68 Å². The van der Waals surface area contributed by atoms with E-state index in [2.05, 4.69) is 36.1 Å². The average molecular weight is 336 g/mol. The van der Waals surface area contributed by atoms with E-state index in [4.69, 9.17) is 10.4 Å². The summed E-state index contributed by atoms with van der Waals surface area (Å²) in [4.78, 5) is 14.7. The summed E-state index contributed by atoms with van der Waals surface area (Å²) in [5.41, 5.74) is 0. The molecule has 0 saturated heterocycles. The third-order valence-corrected chi connectivity index (χ3v) is 3.42. The van der Waals surface area contributed by atoms with Crippen molar-refractivity contribution >= 4 is 5.97 Å². The van der Waals surface area contributed by atoms with E-state index in [1.165, 1.54) is 25.7 Å². The van der Waals surface area contributed by atoms with Crippen LogP contribution in [-0.4, -0.2) is 16.3 Å². The van der Waals surface area contributed by atoms with Crippen molar-refractivity contribution in [3.05, 3.63) is 48.3 Å². The lowest BCUT2D eigenvalue weighted by molar-refractivity contribution is -0.204. The van der Waals surface area contributed by atoms with Gasteiger partial charge in [-0.2, -0.15) is 0 Å². The Balaban J connectivity index is 3.75. The summed E-state index contributed by atoms with van der Waals surface area (Å²) in [7, 11) is 0. The maximum absolute atomic E-state index is 10.4. The zero-order valence-electron chi connectivity index (χ0n) is 14.8. The standard InChI is InChI=1S/C20H32O4/c1-2-3-4-5-6-7-8-9-10-11-12-13-16-19(24-23)17-14-15-18-20(21)22/h6-7,9-10,12-13,17,23H,2-5,8,11,14-16,18H2,1H3,(H,21,22)/b7-6-,10-9-,13-12-,19-17+. The topological polar surface area (TPSA) is 66.8 Å². The van der Waals surface area contributed by atoms with Crippen molar-refractivity contribution < 1.29 is 20.0 Å². The molecule has 0 aliphatic rings. The van der Waals surface area contributed by atoms with Crippen LogP contribution < -0.4 is 0 Å². The van der Waals surface area contributed by atoms with E-state index in [9.17, 15) is 4.79 Å². The number of rotatable bonds is 15. The molecule has 0 aromatic rings. The lowest BCUT2D eigenvalue weighted by Gasteiger charge is -1.99. The number of carbonyl (C=O) groups is 1. The number of carboxylic acid groups (broad SMARTS) is 1. The molecule has 0 aliphatic heterocycles. The van der Waals surface area contributed by atoms with Gasteiger partial charge in [0.05, 0.1) is 0 Å². The van der Waals surface area contributed by atoms with E-state index in [0.29, 0.717) is 25.0 Å². The maximum atomic E-state index is 10.4. The predicted octanol–water partition coefficient (Wildman–Crippen LogP) is 6.03. The summed E-state index contributed by atoms with van der Waals surface area (Å²) in [6, 6.07) is 0. The minimum atomic E-state index is -0.808. The lowest BCUT2D eigenvalue weighted by Crippen LogP contribution is -1.93. The normalized spacial score (nSPS) is 12.7. The first kappa shape index (κ1) is 22.2. The summed E-state index contributed by atoms with van der Waals surface area (Å²) in [5, 5.41) is 17.3. The van der Waals surface area contributed by atoms with Gasteiger partial charge in [0, 0.05) is 12.8 Å². The van der Waals surface area contributed by atoms with Gasteiger partial charge in [-0.3, -0.25) is 4.79 Å². The van der Waals surface area contributed by atoms with E-state index >= 15 is 0 Å². The Morgan fingerprint density at radius 1 is 0.917 bits per heavy atom. The van der Waals surface area contributed by atoms with Gasteiger partial charge in [0.25, 0.3) is 0 Å². The van der Waals surface area contributed by atoms with E-state index < -0.39 is 5.97 Å². The van der Waals surface area contributed by atoms with Crippen LogP contribution in [0.2, 0.25) is 0 Å². The average Bonchev–Trinajstić information content (AvgIpc) is 2.57. The molecule has 0 aliphatic carbocycles. The monoisotopic (exact) mass is 336 g/mol. The third kappa shape index (κ3) is 16.6. The molecule has 136 valence electrons. The summed E-state index contributed by atoms with van der Waals surface area (Å²) < 4.78 is 0. The van der Waals surface area contributed by atoms with Gasteiger partial charge in [0.15, 0.2) is 0 Å². The first-order chi connectivity index (χ1) is 11.7. The number of carboxylic acids is 1. The van der Waals surface area contributed by atoms with Gasteiger partial charge in [0.1, 0.15) is 5.76 Å². The Hall–Kier alpha value is -1.81. The molecular weight excluding hydrogens is 304 g/mol. The molecule has 4 nitrogen and oxygen atoms in total. The molecule has 0 radical (unpaired) electrons. The molecule has 2 N–H and O–H groups in total. The Morgan fingerprint density at radius 3 is 2.21 bits per heavy atom. The van der Waals surface area contributed by atoms with Crippen LogP contribution in [0.15, 0.2) is 48.3 Å². The van der Waals surface area contributed by atoms with Crippen LogP contribution in [0.5, 0.6) is 0 Å². The van der Waals surface area contributed by atoms with Crippen molar-refractivity contribution in [1.82, 2.24) is 0 Å². The molecule has 0 fully saturated rings. The van der Waals surface area contributed by atoms with E-state index in [1.807, 2.05) is 12.2 Å². The van der Waals surface area contributed by atoms with Gasteiger partial charge in [-0.15, -0.1) is 0 Å². The van der Waals surface area contributed by atoms with Crippen molar-refractivity contribution in [1.29, 1.82) is 0 Å².